The van der Waals surface area contributed by atoms with Crippen LogP contribution in [-0.2, 0) is 4.79 Å². The number of nitrogens with zero attached hydrogens (tertiary/aromatic N) is 2. The smallest absolute Gasteiger partial charge is 0.273 e. The molecule has 0 radical (unpaired) electrons. The Morgan fingerprint density at radius 3 is 2.94 bits per heavy atom. The molecule has 0 atom stereocenters. The summed E-state index contributed by atoms with van der Waals surface area (Å²) in [5.74, 6) is -0.290. The number of hydrogen-bond donors (Lipinski definition) is 3. The quantitative estimate of drug-likeness (QED) is 0.709. The first-order valence-corrected chi connectivity index (χ1v) is 5.15. The Morgan fingerprint density at radius 2 is 2.33 bits per heavy atom. The molecule has 8 heteroatoms. The number of anilines is 1. The van der Waals surface area contributed by atoms with Crippen molar-refractivity contribution in [3.05, 3.63) is 29.9 Å². The summed E-state index contributed by atoms with van der Waals surface area (Å²) in [6.07, 6.45) is 2.99. The van der Waals surface area contributed by atoms with Crippen LogP contribution in [0.2, 0.25) is 0 Å². The summed E-state index contributed by atoms with van der Waals surface area (Å²) in [7, 11) is 0. The van der Waals surface area contributed by atoms with Crippen molar-refractivity contribution in [3.8, 4) is 0 Å². The molecule has 0 aliphatic carbocycles. The van der Waals surface area contributed by atoms with Crippen LogP contribution in [0.3, 0.4) is 0 Å². The normalized spacial score (nSPS) is 10.1. The fraction of sp³-hybridized carbons (Fsp3) is 0.200. The number of rotatable bonds is 4. The van der Waals surface area contributed by atoms with Crippen molar-refractivity contribution in [1.29, 1.82) is 0 Å². The molecule has 0 fully saturated rings. The third-order valence-corrected chi connectivity index (χ3v) is 2.05. The zero-order valence-corrected chi connectivity index (χ0v) is 9.56. The number of nitrogens with one attached hydrogen (secondary N) is 3. The molecule has 8 nitrogen and oxygen atoms in total. The Hall–Kier alpha value is -2.64. The molecule has 2 aromatic rings. The maximum absolute atomic E-state index is 11.5. The largest absolute Gasteiger partial charge is 0.361 e. The number of hydrogen-bond acceptors (Lipinski definition) is 5. The third kappa shape index (κ3) is 2.94. The van der Waals surface area contributed by atoms with Gasteiger partial charge in [-0.25, -0.2) is 0 Å². The average Bonchev–Trinajstić information content (AvgIpc) is 2.97. The van der Waals surface area contributed by atoms with Crippen LogP contribution in [0.5, 0.6) is 0 Å². The Kier molecular flexibility index (Phi) is 3.37. The minimum Gasteiger partial charge on any atom is -0.361 e. The lowest BCUT2D eigenvalue weighted by Crippen LogP contribution is -2.32. The highest BCUT2D eigenvalue weighted by atomic mass is 16.5. The summed E-state index contributed by atoms with van der Waals surface area (Å²) in [6.45, 7) is 1.52. The van der Waals surface area contributed by atoms with E-state index in [1.807, 2.05) is 0 Å². The van der Waals surface area contributed by atoms with Crippen molar-refractivity contribution in [1.82, 2.24) is 20.7 Å². The minimum absolute atomic E-state index is 0.142. The third-order valence-electron chi connectivity index (χ3n) is 2.05. The fourth-order valence-electron chi connectivity index (χ4n) is 1.25. The SMILES string of the molecule is Cc1cc(C(=O)NCC(=O)Nc2cn[nH]c2)no1. The predicted octanol–water partition coefficient (Wildman–Crippen LogP) is 0.0746. The van der Waals surface area contributed by atoms with E-state index in [0.29, 0.717) is 11.4 Å². The van der Waals surface area contributed by atoms with Crippen molar-refractivity contribution in [2.75, 3.05) is 11.9 Å². The Bertz CT molecular complexity index is 546. The number of carbonyl (C=O) groups is 2. The number of aryl methyl sites for hydroxylation is 1. The first kappa shape index (κ1) is 11.8. The molecule has 0 unspecified atom stereocenters. The van der Waals surface area contributed by atoms with Gasteiger partial charge in [0.1, 0.15) is 5.76 Å². The second-order valence-electron chi connectivity index (χ2n) is 3.54. The van der Waals surface area contributed by atoms with Gasteiger partial charge in [-0.15, -0.1) is 0 Å². The van der Waals surface area contributed by atoms with Gasteiger partial charge in [0.25, 0.3) is 5.91 Å². The van der Waals surface area contributed by atoms with Gasteiger partial charge in [0.2, 0.25) is 5.91 Å². The number of amides is 2. The Morgan fingerprint density at radius 1 is 1.50 bits per heavy atom. The van der Waals surface area contributed by atoms with Crippen LogP contribution in [0, 0.1) is 6.92 Å². The molecule has 2 rings (SSSR count). The van der Waals surface area contributed by atoms with E-state index in [1.54, 1.807) is 6.92 Å². The summed E-state index contributed by atoms with van der Waals surface area (Å²) in [4.78, 5) is 23.0. The van der Waals surface area contributed by atoms with Gasteiger partial charge >= 0.3 is 0 Å². The summed E-state index contributed by atoms with van der Waals surface area (Å²) < 4.78 is 4.75. The number of H-pyrrole nitrogens is 1. The molecule has 2 heterocycles. The van der Waals surface area contributed by atoms with Crippen molar-refractivity contribution in [2.24, 2.45) is 0 Å². The van der Waals surface area contributed by atoms with Gasteiger partial charge < -0.3 is 15.2 Å². The highest BCUT2D eigenvalue weighted by molar-refractivity contribution is 5.98. The molecule has 0 saturated heterocycles. The lowest BCUT2D eigenvalue weighted by atomic mass is 10.3. The first-order chi connectivity index (χ1) is 8.65. The van der Waals surface area contributed by atoms with E-state index in [0.717, 1.165) is 0 Å². The molecular weight excluding hydrogens is 238 g/mol. The maximum Gasteiger partial charge on any atom is 0.273 e. The van der Waals surface area contributed by atoms with Crippen LogP contribution in [0.1, 0.15) is 16.2 Å². The van der Waals surface area contributed by atoms with E-state index < -0.39 is 5.91 Å². The van der Waals surface area contributed by atoms with E-state index in [-0.39, 0.29) is 18.1 Å². The molecule has 0 spiro atoms. The van der Waals surface area contributed by atoms with Crippen molar-refractivity contribution in [2.45, 2.75) is 6.92 Å². The van der Waals surface area contributed by atoms with Crippen LogP contribution >= 0.6 is 0 Å². The van der Waals surface area contributed by atoms with Gasteiger partial charge in [-0.2, -0.15) is 5.10 Å². The lowest BCUT2D eigenvalue weighted by Gasteiger charge is -2.02. The molecule has 3 N–H and O–H groups in total. The van der Waals surface area contributed by atoms with Gasteiger partial charge in [-0.1, -0.05) is 5.16 Å². The van der Waals surface area contributed by atoms with Crippen molar-refractivity contribution >= 4 is 17.5 Å². The molecule has 0 bridgehead atoms. The maximum atomic E-state index is 11.5. The van der Waals surface area contributed by atoms with Gasteiger partial charge in [0.15, 0.2) is 5.69 Å². The van der Waals surface area contributed by atoms with Crippen LogP contribution < -0.4 is 10.6 Å². The Labute approximate surface area is 102 Å². The van der Waals surface area contributed by atoms with E-state index in [9.17, 15) is 9.59 Å². The van der Waals surface area contributed by atoms with E-state index in [4.69, 9.17) is 4.52 Å². The number of aromatic amines is 1. The lowest BCUT2D eigenvalue weighted by molar-refractivity contribution is -0.115. The summed E-state index contributed by atoms with van der Waals surface area (Å²) in [6, 6.07) is 1.49. The van der Waals surface area contributed by atoms with Crippen LogP contribution in [0.15, 0.2) is 23.0 Å². The monoisotopic (exact) mass is 249 g/mol. The van der Waals surface area contributed by atoms with Gasteiger partial charge in [0.05, 0.1) is 18.4 Å². The fourth-order valence-corrected chi connectivity index (χ4v) is 1.25. The summed E-state index contributed by atoms with van der Waals surface area (Å²) in [5, 5.41) is 14.7. The molecule has 2 amide bonds. The molecule has 0 aliphatic heterocycles. The van der Waals surface area contributed by atoms with Crippen molar-refractivity contribution in [3.63, 3.8) is 0 Å². The zero-order valence-electron chi connectivity index (χ0n) is 9.56. The minimum atomic E-state index is -0.464. The van der Waals surface area contributed by atoms with Gasteiger partial charge in [0, 0.05) is 12.3 Å². The van der Waals surface area contributed by atoms with Crippen molar-refractivity contribution < 1.29 is 14.1 Å². The van der Waals surface area contributed by atoms with Crippen LogP contribution in [-0.4, -0.2) is 33.7 Å². The number of carbonyl (C=O) groups excluding carboxylic acids is 2. The van der Waals surface area contributed by atoms with E-state index in [2.05, 4.69) is 26.0 Å². The highest BCUT2D eigenvalue weighted by Crippen LogP contribution is 2.01. The molecular formula is C10H11N5O3. The second-order valence-corrected chi connectivity index (χ2v) is 3.54. The summed E-state index contributed by atoms with van der Waals surface area (Å²) in [5.41, 5.74) is 0.676. The first-order valence-electron chi connectivity index (χ1n) is 5.15. The molecule has 18 heavy (non-hydrogen) atoms. The van der Waals surface area contributed by atoms with Gasteiger partial charge in [-0.05, 0) is 6.92 Å². The number of aromatic nitrogens is 3. The Balaban J connectivity index is 1.81. The molecule has 0 aromatic carbocycles. The predicted molar refractivity (Wildman–Crippen MR) is 60.8 cm³/mol. The molecule has 2 aromatic heterocycles. The average molecular weight is 249 g/mol. The highest BCUT2D eigenvalue weighted by Gasteiger charge is 2.12. The standard InChI is InChI=1S/C10H11N5O3/c1-6-2-8(15-18-6)10(17)11-5-9(16)14-7-3-12-13-4-7/h2-4H,5H2,1H3,(H,11,17)(H,12,13)(H,14,16). The second kappa shape index (κ2) is 5.13. The van der Waals surface area contributed by atoms with E-state index in [1.165, 1.54) is 18.5 Å². The molecule has 94 valence electrons. The van der Waals surface area contributed by atoms with Crippen LogP contribution in [0.25, 0.3) is 0 Å². The topological polar surface area (TPSA) is 113 Å². The summed E-state index contributed by atoms with van der Waals surface area (Å²) >= 11 is 0. The van der Waals surface area contributed by atoms with Gasteiger partial charge in [-0.3, -0.25) is 14.7 Å². The molecule has 0 aliphatic rings. The van der Waals surface area contributed by atoms with Crippen LogP contribution in [0.4, 0.5) is 5.69 Å². The van der Waals surface area contributed by atoms with E-state index >= 15 is 0 Å². The molecule has 0 saturated carbocycles. The zero-order chi connectivity index (χ0) is 13.0.